The molecule has 1 aromatic carbocycles. The second-order valence-corrected chi connectivity index (χ2v) is 6.68. The van der Waals surface area contributed by atoms with E-state index in [1.807, 2.05) is 19.2 Å². The summed E-state index contributed by atoms with van der Waals surface area (Å²) in [5.41, 5.74) is 4.54. The molecule has 0 unspecified atom stereocenters. The van der Waals surface area contributed by atoms with Gasteiger partial charge in [-0.2, -0.15) is 5.10 Å². The molecule has 0 atom stereocenters. The van der Waals surface area contributed by atoms with E-state index in [2.05, 4.69) is 67.7 Å². The SMILES string of the molecule is Cc1nnc(N2CC=C(c3c[nH]c4ncccc34)CC2)c2ccccc12. The lowest BCUT2D eigenvalue weighted by molar-refractivity contribution is 0.804. The van der Waals surface area contributed by atoms with Crippen molar-refractivity contribution in [3.8, 4) is 0 Å². The maximum absolute atomic E-state index is 4.50. The Labute approximate surface area is 151 Å². The summed E-state index contributed by atoms with van der Waals surface area (Å²) < 4.78 is 0. The van der Waals surface area contributed by atoms with Crippen molar-refractivity contribution in [2.24, 2.45) is 0 Å². The monoisotopic (exact) mass is 341 g/mol. The first-order valence-electron chi connectivity index (χ1n) is 8.90. The molecule has 3 aromatic heterocycles. The fraction of sp³-hybridized carbons (Fsp3) is 0.190. The molecule has 4 aromatic rings. The summed E-state index contributed by atoms with van der Waals surface area (Å²) in [6, 6.07) is 12.5. The highest BCUT2D eigenvalue weighted by atomic mass is 15.3. The van der Waals surface area contributed by atoms with E-state index in [0.717, 1.165) is 36.7 Å². The van der Waals surface area contributed by atoms with E-state index in [4.69, 9.17) is 0 Å². The zero-order chi connectivity index (χ0) is 17.5. The number of aryl methyl sites for hydroxylation is 1. The maximum Gasteiger partial charge on any atom is 0.159 e. The van der Waals surface area contributed by atoms with E-state index in [-0.39, 0.29) is 0 Å². The molecule has 5 rings (SSSR count). The van der Waals surface area contributed by atoms with Gasteiger partial charge in [-0.3, -0.25) is 0 Å². The number of benzene rings is 1. The first kappa shape index (κ1) is 15.1. The van der Waals surface area contributed by atoms with Crippen LogP contribution in [-0.2, 0) is 0 Å². The van der Waals surface area contributed by atoms with Gasteiger partial charge in [0.25, 0.3) is 0 Å². The van der Waals surface area contributed by atoms with Crippen LogP contribution in [0.5, 0.6) is 0 Å². The van der Waals surface area contributed by atoms with Gasteiger partial charge in [-0.05, 0) is 31.1 Å². The topological polar surface area (TPSA) is 57.7 Å². The van der Waals surface area contributed by atoms with E-state index in [9.17, 15) is 0 Å². The first-order valence-corrected chi connectivity index (χ1v) is 8.90. The summed E-state index contributed by atoms with van der Waals surface area (Å²) in [6.45, 7) is 3.78. The minimum Gasteiger partial charge on any atom is -0.351 e. The van der Waals surface area contributed by atoms with Gasteiger partial charge in [-0.15, -0.1) is 5.10 Å². The van der Waals surface area contributed by atoms with E-state index in [1.165, 1.54) is 27.3 Å². The van der Waals surface area contributed by atoms with Crippen LogP contribution in [0.4, 0.5) is 5.82 Å². The van der Waals surface area contributed by atoms with Crippen LogP contribution in [0.1, 0.15) is 17.7 Å². The Bertz CT molecular complexity index is 1140. The van der Waals surface area contributed by atoms with E-state index >= 15 is 0 Å². The van der Waals surface area contributed by atoms with Crippen molar-refractivity contribution in [3.63, 3.8) is 0 Å². The lowest BCUT2D eigenvalue weighted by Gasteiger charge is -2.28. The Morgan fingerprint density at radius 1 is 1.00 bits per heavy atom. The molecule has 0 radical (unpaired) electrons. The molecule has 0 aliphatic carbocycles. The second kappa shape index (κ2) is 5.95. The van der Waals surface area contributed by atoms with E-state index in [1.54, 1.807) is 0 Å². The number of aromatic amines is 1. The van der Waals surface area contributed by atoms with Crippen molar-refractivity contribution in [2.45, 2.75) is 13.3 Å². The zero-order valence-electron chi connectivity index (χ0n) is 14.6. The molecule has 128 valence electrons. The maximum atomic E-state index is 4.50. The first-order chi connectivity index (χ1) is 12.8. The number of aromatic nitrogens is 4. The van der Waals surface area contributed by atoms with Gasteiger partial charge < -0.3 is 9.88 Å². The smallest absolute Gasteiger partial charge is 0.159 e. The number of nitrogens with zero attached hydrogens (tertiary/aromatic N) is 4. The van der Waals surface area contributed by atoms with Crippen molar-refractivity contribution in [1.29, 1.82) is 0 Å². The summed E-state index contributed by atoms with van der Waals surface area (Å²) in [7, 11) is 0. The van der Waals surface area contributed by atoms with Gasteiger partial charge in [0.2, 0.25) is 0 Å². The van der Waals surface area contributed by atoms with Crippen LogP contribution >= 0.6 is 0 Å². The lowest BCUT2D eigenvalue weighted by Crippen LogP contribution is -2.29. The minimum absolute atomic E-state index is 0.837. The van der Waals surface area contributed by atoms with Gasteiger partial charge in [-0.25, -0.2) is 4.98 Å². The predicted octanol–water partition coefficient (Wildman–Crippen LogP) is 4.11. The quantitative estimate of drug-likeness (QED) is 0.596. The fourth-order valence-corrected chi connectivity index (χ4v) is 3.79. The molecule has 26 heavy (non-hydrogen) atoms. The molecule has 4 heterocycles. The number of fused-ring (bicyclic) bond motifs is 2. The Balaban J connectivity index is 1.50. The Morgan fingerprint density at radius 2 is 1.85 bits per heavy atom. The van der Waals surface area contributed by atoms with Crippen molar-refractivity contribution >= 4 is 33.2 Å². The molecule has 0 saturated carbocycles. The van der Waals surface area contributed by atoms with E-state index in [0.29, 0.717) is 0 Å². The normalized spacial score (nSPS) is 14.8. The number of hydrogen-bond acceptors (Lipinski definition) is 4. The van der Waals surface area contributed by atoms with Crippen LogP contribution in [-0.4, -0.2) is 33.3 Å². The molecule has 0 spiro atoms. The molecule has 0 bridgehead atoms. The van der Waals surface area contributed by atoms with Gasteiger partial charge in [-0.1, -0.05) is 30.3 Å². The third-order valence-corrected chi connectivity index (χ3v) is 5.16. The number of rotatable bonds is 2. The lowest BCUT2D eigenvalue weighted by atomic mass is 9.99. The highest BCUT2D eigenvalue weighted by Crippen LogP contribution is 2.32. The predicted molar refractivity (Wildman–Crippen MR) is 105 cm³/mol. The Hall–Kier alpha value is -3.21. The van der Waals surface area contributed by atoms with Crippen molar-refractivity contribution in [1.82, 2.24) is 20.2 Å². The second-order valence-electron chi connectivity index (χ2n) is 6.68. The van der Waals surface area contributed by atoms with Crippen LogP contribution in [0.2, 0.25) is 0 Å². The number of nitrogens with one attached hydrogen (secondary N) is 1. The highest BCUT2D eigenvalue weighted by molar-refractivity contribution is 5.94. The molecule has 1 N–H and O–H groups in total. The van der Waals surface area contributed by atoms with Gasteiger partial charge in [0.05, 0.1) is 5.69 Å². The molecule has 5 nitrogen and oxygen atoms in total. The number of H-pyrrole nitrogens is 1. The van der Waals surface area contributed by atoms with Crippen LogP contribution in [0.25, 0.3) is 27.4 Å². The molecule has 0 saturated heterocycles. The zero-order valence-corrected chi connectivity index (χ0v) is 14.6. The summed E-state index contributed by atoms with van der Waals surface area (Å²) in [6.07, 6.45) is 7.17. The molecule has 5 heteroatoms. The third kappa shape index (κ3) is 2.36. The van der Waals surface area contributed by atoms with Gasteiger partial charge >= 0.3 is 0 Å². The van der Waals surface area contributed by atoms with Crippen LogP contribution in [0, 0.1) is 6.92 Å². The largest absolute Gasteiger partial charge is 0.351 e. The van der Waals surface area contributed by atoms with Crippen LogP contribution in [0.3, 0.4) is 0 Å². The van der Waals surface area contributed by atoms with Crippen LogP contribution in [0.15, 0.2) is 54.9 Å². The van der Waals surface area contributed by atoms with Gasteiger partial charge in [0, 0.05) is 47.2 Å². The molecule has 0 fully saturated rings. The molecule has 0 amide bonds. The van der Waals surface area contributed by atoms with Gasteiger partial charge in [0.15, 0.2) is 5.82 Å². The molecular weight excluding hydrogens is 322 g/mol. The average molecular weight is 341 g/mol. The van der Waals surface area contributed by atoms with Crippen molar-refractivity contribution in [3.05, 3.63) is 66.1 Å². The molecular formula is C21H19N5. The number of hydrogen-bond donors (Lipinski definition) is 1. The summed E-state index contributed by atoms with van der Waals surface area (Å²) >= 11 is 0. The van der Waals surface area contributed by atoms with Crippen LogP contribution < -0.4 is 4.90 Å². The summed E-state index contributed by atoms with van der Waals surface area (Å²) in [4.78, 5) is 9.97. The highest BCUT2D eigenvalue weighted by Gasteiger charge is 2.19. The van der Waals surface area contributed by atoms with E-state index < -0.39 is 0 Å². The van der Waals surface area contributed by atoms with Crippen molar-refractivity contribution < 1.29 is 0 Å². The third-order valence-electron chi connectivity index (χ3n) is 5.16. The Kier molecular flexibility index (Phi) is 3.45. The standard InChI is InChI=1S/C21H19N5/c1-14-16-5-2-3-6-18(16)21(25-24-14)26-11-8-15(9-12-26)19-13-23-20-17(19)7-4-10-22-20/h2-8,10,13H,9,11-12H2,1H3,(H,22,23). The van der Waals surface area contributed by atoms with Crippen molar-refractivity contribution in [2.75, 3.05) is 18.0 Å². The summed E-state index contributed by atoms with van der Waals surface area (Å²) in [5, 5.41) is 12.4. The molecule has 1 aliphatic heterocycles. The number of pyridine rings is 1. The summed E-state index contributed by atoms with van der Waals surface area (Å²) in [5.74, 6) is 0.974. The average Bonchev–Trinajstić information content (AvgIpc) is 3.13. The minimum atomic E-state index is 0.837. The van der Waals surface area contributed by atoms with Gasteiger partial charge in [0.1, 0.15) is 5.65 Å². The molecule has 1 aliphatic rings. The fourth-order valence-electron chi connectivity index (χ4n) is 3.79. The Morgan fingerprint density at radius 3 is 2.69 bits per heavy atom. The number of anilines is 1.